The molecular formula is C15H13N3S. The van der Waals surface area contributed by atoms with Crippen molar-refractivity contribution in [3.8, 4) is 0 Å². The molecule has 0 aliphatic rings. The normalized spacial score (nSPS) is 10.7. The van der Waals surface area contributed by atoms with Crippen molar-refractivity contribution in [3.63, 3.8) is 0 Å². The second-order valence-corrected chi connectivity index (χ2v) is 5.13. The highest BCUT2D eigenvalue weighted by Crippen LogP contribution is 2.22. The van der Waals surface area contributed by atoms with Crippen LogP contribution >= 0.6 is 11.8 Å². The quantitative estimate of drug-likeness (QED) is 0.729. The Hall–Kier alpha value is -2.07. The van der Waals surface area contributed by atoms with E-state index in [1.807, 2.05) is 12.1 Å². The van der Waals surface area contributed by atoms with Crippen LogP contribution in [0.2, 0.25) is 0 Å². The zero-order valence-electron chi connectivity index (χ0n) is 10.3. The first-order chi connectivity index (χ1) is 9.35. The molecular weight excluding hydrogens is 254 g/mol. The average molecular weight is 267 g/mol. The molecule has 2 aromatic heterocycles. The molecule has 2 heterocycles. The Morgan fingerprint density at radius 2 is 2.05 bits per heavy atom. The minimum atomic E-state index is 0.894. The molecule has 0 fully saturated rings. The van der Waals surface area contributed by atoms with E-state index in [1.165, 1.54) is 5.56 Å². The van der Waals surface area contributed by atoms with Crippen LogP contribution in [0.4, 0.5) is 0 Å². The van der Waals surface area contributed by atoms with E-state index in [1.54, 1.807) is 24.2 Å². The summed E-state index contributed by atoms with van der Waals surface area (Å²) in [7, 11) is 0. The molecule has 0 saturated heterocycles. The van der Waals surface area contributed by atoms with Crippen LogP contribution in [0.3, 0.4) is 0 Å². The van der Waals surface area contributed by atoms with Gasteiger partial charge in [0.15, 0.2) is 5.16 Å². The standard InChI is InChI=1S/C15H13N3S/c1-2-11-3-5-12(6-4-11)10-19-15-17-13-7-8-16-9-14(13)18-15/h2-9H,1,10H2,(H,17,18). The summed E-state index contributed by atoms with van der Waals surface area (Å²) in [5.74, 6) is 0.894. The van der Waals surface area contributed by atoms with Gasteiger partial charge in [-0.1, -0.05) is 48.7 Å². The molecule has 0 aliphatic carbocycles. The Balaban J connectivity index is 1.72. The first-order valence-electron chi connectivity index (χ1n) is 5.99. The summed E-state index contributed by atoms with van der Waals surface area (Å²) in [6, 6.07) is 10.3. The number of fused-ring (bicyclic) bond motifs is 1. The lowest BCUT2D eigenvalue weighted by Crippen LogP contribution is -1.82. The number of hydrogen-bond acceptors (Lipinski definition) is 3. The van der Waals surface area contributed by atoms with Crippen LogP contribution in [0.15, 0.2) is 54.5 Å². The number of benzene rings is 1. The fourth-order valence-electron chi connectivity index (χ4n) is 1.80. The number of hydrogen-bond donors (Lipinski definition) is 1. The van der Waals surface area contributed by atoms with Gasteiger partial charge >= 0.3 is 0 Å². The van der Waals surface area contributed by atoms with E-state index in [0.717, 1.165) is 27.5 Å². The molecule has 0 aliphatic heterocycles. The van der Waals surface area contributed by atoms with E-state index in [2.05, 4.69) is 45.8 Å². The number of imidazole rings is 1. The number of H-pyrrole nitrogens is 1. The van der Waals surface area contributed by atoms with Gasteiger partial charge in [-0.25, -0.2) is 4.98 Å². The highest BCUT2D eigenvalue weighted by Gasteiger charge is 2.03. The maximum absolute atomic E-state index is 4.51. The van der Waals surface area contributed by atoms with Crippen molar-refractivity contribution >= 4 is 28.9 Å². The van der Waals surface area contributed by atoms with Crippen LogP contribution in [0, 0.1) is 0 Å². The fourth-order valence-corrected chi connectivity index (χ4v) is 2.64. The topological polar surface area (TPSA) is 41.6 Å². The van der Waals surface area contributed by atoms with Crippen LogP contribution < -0.4 is 0 Å². The van der Waals surface area contributed by atoms with Crippen molar-refractivity contribution in [2.75, 3.05) is 0 Å². The molecule has 94 valence electrons. The van der Waals surface area contributed by atoms with E-state index < -0.39 is 0 Å². The monoisotopic (exact) mass is 267 g/mol. The summed E-state index contributed by atoms with van der Waals surface area (Å²) in [6.45, 7) is 3.75. The first-order valence-corrected chi connectivity index (χ1v) is 6.97. The Kier molecular flexibility index (Phi) is 3.33. The third-order valence-electron chi connectivity index (χ3n) is 2.85. The zero-order valence-corrected chi connectivity index (χ0v) is 11.2. The highest BCUT2D eigenvalue weighted by molar-refractivity contribution is 7.98. The van der Waals surface area contributed by atoms with Crippen LogP contribution in [0.25, 0.3) is 17.1 Å². The molecule has 19 heavy (non-hydrogen) atoms. The number of aromatic nitrogens is 3. The molecule has 0 amide bonds. The smallest absolute Gasteiger partial charge is 0.166 e. The third kappa shape index (κ3) is 2.69. The van der Waals surface area contributed by atoms with Crippen LogP contribution in [-0.4, -0.2) is 15.0 Å². The minimum absolute atomic E-state index is 0.894. The van der Waals surface area contributed by atoms with Crippen molar-refractivity contribution in [2.24, 2.45) is 0 Å². The van der Waals surface area contributed by atoms with Gasteiger partial charge in [-0.05, 0) is 17.2 Å². The Bertz CT molecular complexity index is 668. The molecule has 0 bridgehead atoms. The van der Waals surface area contributed by atoms with Crippen LogP contribution in [0.1, 0.15) is 11.1 Å². The molecule has 1 aromatic carbocycles. The molecule has 0 unspecified atom stereocenters. The van der Waals surface area contributed by atoms with Gasteiger partial charge in [0.05, 0.1) is 17.2 Å². The molecule has 0 atom stereocenters. The lowest BCUT2D eigenvalue weighted by atomic mass is 10.1. The van der Waals surface area contributed by atoms with Crippen molar-refractivity contribution in [1.82, 2.24) is 15.0 Å². The molecule has 4 heteroatoms. The molecule has 1 N–H and O–H groups in total. The summed E-state index contributed by atoms with van der Waals surface area (Å²) >= 11 is 1.69. The fraction of sp³-hybridized carbons (Fsp3) is 0.0667. The van der Waals surface area contributed by atoms with E-state index in [9.17, 15) is 0 Å². The highest BCUT2D eigenvalue weighted by atomic mass is 32.2. The number of aromatic amines is 1. The largest absolute Gasteiger partial charge is 0.332 e. The van der Waals surface area contributed by atoms with Crippen molar-refractivity contribution in [2.45, 2.75) is 10.9 Å². The molecule has 3 aromatic rings. The Morgan fingerprint density at radius 1 is 1.21 bits per heavy atom. The van der Waals surface area contributed by atoms with Gasteiger partial charge in [0, 0.05) is 11.9 Å². The van der Waals surface area contributed by atoms with Crippen molar-refractivity contribution in [3.05, 3.63) is 60.4 Å². The Morgan fingerprint density at radius 3 is 2.79 bits per heavy atom. The first kappa shape index (κ1) is 12.0. The zero-order chi connectivity index (χ0) is 13.1. The third-order valence-corrected chi connectivity index (χ3v) is 3.80. The average Bonchev–Trinajstić information content (AvgIpc) is 2.88. The second kappa shape index (κ2) is 5.28. The predicted molar refractivity (Wildman–Crippen MR) is 80.0 cm³/mol. The van der Waals surface area contributed by atoms with E-state index in [0.29, 0.717) is 0 Å². The number of nitrogens with one attached hydrogen (secondary N) is 1. The van der Waals surface area contributed by atoms with Gasteiger partial charge in [0.25, 0.3) is 0 Å². The molecule has 3 nitrogen and oxygen atoms in total. The lowest BCUT2D eigenvalue weighted by molar-refractivity contribution is 1.08. The Labute approximate surface area is 115 Å². The van der Waals surface area contributed by atoms with Gasteiger partial charge in [-0.3, -0.25) is 4.98 Å². The van der Waals surface area contributed by atoms with Gasteiger partial charge in [0.2, 0.25) is 0 Å². The molecule has 0 saturated carbocycles. The maximum Gasteiger partial charge on any atom is 0.166 e. The van der Waals surface area contributed by atoms with E-state index >= 15 is 0 Å². The predicted octanol–water partition coefficient (Wildman–Crippen LogP) is 3.89. The number of nitrogens with zero attached hydrogens (tertiary/aromatic N) is 2. The van der Waals surface area contributed by atoms with Gasteiger partial charge in [-0.2, -0.15) is 0 Å². The van der Waals surface area contributed by atoms with Gasteiger partial charge in [0.1, 0.15) is 0 Å². The minimum Gasteiger partial charge on any atom is -0.332 e. The molecule has 3 rings (SSSR count). The summed E-state index contributed by atoms with van der Waals surface area (Å²) in [6.07, 6.45) is 5.40. The van der Waals surface area contributed by atoms with E-state index in [-0.39, 0.29) is 0 Å². The molecule has 0 radical (unpaired) electrons. The number of rotatable bonds is 4. The van der Waals surface area contributed by atoms with Crippen molar-refractivity contribution in [1.29, 1.82) is 0 Å². The summed E-state index contributed by atoms with van der Waals surface area (Å²) < 4.78 is 0. The van der Waals surface area contributed by atoms with Crippen LogP contribution in [0.5, 0.6) is 0 Å². The molecule has 0 spiro atoms. The number of pyridine rings is 1. The second-order valence-electron chi connectivity index (χ2n) is 4.17. The summed E-state index contributed by atoms with van der Waals surface area (Å²) in [5, 5.41) is 0.927. The van der Waals surface area contributed by atoms with Gasteiger partial charge in [-0.15, -0.1) is 0 Å². The number of thioether (sulfide) groups is 1. The summed E-state index contributed by atoms with van der Waals surface area (Å²) in [4.78, 5) is 11.8. The van der Waals surface area contributed by atoms with Gasteiger partial charge < -0.3 is 4.98 Å². The maximum atomic E-state index is 4.51. The SMILES string of the molecule is C=Cc1ccc(CSc2nc3ccncc3[nH]2)cc1. The van der Waals surface area contributed by atoms with Crippen LogP contribution in [-0.2, 0) is 5.75 Å². The van der Waals surface area contributed by atoms with E-state index in [4.69, 9.17) is 0 Å². The summed E-state index contributed by atoms with van der Waals surface area (Å²) in [5.41, 5.74) is 4.35. The lowest BCUT2D eigenvalue weighted by Gasteiger charge is -1.99. The van der Waals surface area contributed by atoms with Crippen molar-refractivity contribution < 1.29 is 0 Å².